The molecule has 2 rings (SSSR count). The fourth-order valence-corrected chi connectivity index (χ4v) is 1.93. The molecule has 0 unspecified atom stereocenters. The minimum atomic E-state index is -4.84. The molecule has 0 spiro atoms. The lowest BCUT2D eigenvalue weighted by molar-refractivity contribution is -0.143. The highest BCUT2D eigenvalue weighted by molar-refractivity contribution is 6.00. The van der Waals surface area contributed by atoms with Crippen molar-refractivity contribution in [1.82, 2.24) is 4.90 Å². The average molecular weight is 296 g/mol. The van der Waals surface area contributed by atoms with Gasteiger partial charge in [0.05, 0.1) is 17.7 Å². The SMILES string of the molecule is CN1CCN=C1c1cc(C(F)(F)F)cc(C(F)(F)F)c1. The van der Waals surface area contributed by atoms with Crippen LogP contribution in [0, 0.1) is 0 Å². The maximum atomic E-state index is 12.7. The van der Waals surface area contributed by atoms with E-state index in [1.807, 2.05) is 0 Å². The van der Waals surface area contributed by atoms with Crippen molar-refractivity contribution in [3.63, 3.8) is 0 Å². The number of rotatable bonds is 1. The first-order valence-electron chi connectivity index (χ1n) is 5.64. The first kappa shape index (κ1) is 14.7. The summed E-state index contributed by atoms with van der Waals surface area (Å²) >= 11 is 0. The summed E-state index contributed by atoms with van der Waals surface area (Å²) in [5.41, 5.74) is -2.83. The van der Waals surface area contributed by atoms with Crippen molar-refractivity contribution in [3.05, 3.63) is 34.9 Å². The molecule has 1 aromatic carbocycles. The Labute approximate surface area is 110 Å². The van der Waals surface area contributed by atoms with E-state index < -0.39 is 23.5 Å². The normalized spacial score (nSPS) is 16.6. The molecule has 0 aromatic heterocycles. The number of nitrogens with zero attached hydrogens (tertiary/aromatic N) is 2. The molecule has 0 atom stereocenters. The maximum Gasteiger partial charge on any atom is 0.416 e. The molecule has 110 valence electrons. The Hall–Kier alpha value is -1.73. The topological polar surface area (TPSA) is 15.6 Å². The lowest BCUT2D eigenvalue weighted by atomic mass is 10.0. The highest BCUT2D eigenvalue weighted by Crippen LogP contribution is 2.36. The number of likely N-dealkylation sites (N-methyl/N-ethyl adjacent to an activating group) is 1. The summed E-state index contributed by atoms with van der Waals surface area (Å²) in [6.45, 7) is 0.816. The molecule has 0 fully saturated rings. The molecule has 20 heavy (non-hydrogen) atoms. The minimum Gasteiger partial charge on any atom is -0.358 e. The van der Waals surface area contributed by atoms with E-state index in [0.29, 0.717) is 25.2 Å². The van der Waals surface area contributed by atoms with Crippen LogP contribution in [0.2, 0.25) is 0 Å². The van der Waals surface area contributed by atoms with Gasteiger partial charge >= 0.3 is 12.4 Å². The Kier molecular flexibility index (Phi) is 3.43. The third kappa shape index (κ3) is 2.88. The first-order valence-corrected chi connectivity index (χ1v) is 5.64. The number of hydrogen-bond acceptors (Lipinski definition) is 2. The van der Waals surface area contributed by atoms with Crippen molar-refractivity contribution in [2.45, 2.75) is 12.4 Å². The average Bonchev–Trinajstić information content (AvgIpc) is 2.72. The molecule has 8 heteroatoms. The van der Waals surface area contributed by atoms with Gasteiger partial charge in [-0.3, -0.25) is 4.99 Å². The fourth-order valence-electron chi connectivity index (χ4n) is 1.93. The van der Waals surface area contributed by atoms with Gasteiger partial charge in [-0.2, -0.15) is 26.3 Å². The molecule has 0 aliphatic carbocycles. The van der Waals surface area contributed by atoms with Gasteiger partial charge in [0.15, 0.2) is 0 Å². The summed E-state index contributed by atoms with van der Waals surface area (Å²) in [4.78, 5) is 5.46. The lowest BCUT2D eigenvalue weighted by Gasteiger charge is -2.18. The Morgan fingerprint density at radius 1 is 0.950 bits per heavy atom. The zero-order valence-corrected chi connectivity index (χ0v) is 10.3. The van der Waals surface area contributed by atoms with Crippen LogP contribution in [0.3, 0.4) is 0 Å². The van der Waals surface area contributed by atoms with Crippen molar-refractivity contribution < 1.29 is 26.3 Å². The zero-order chi connectivity index (χ0) is 15.1. The predicted molar refractivity (Wildman–Crippen MR) is 60.5 cm³/mol. The van der Waals surface area contributed by atoms with Crippen LogP contribution in [0.5, 0.6) is 0 Å². The molecule has 1 aromatic rings. The Morgan fingerprint density at radius 3 is 1.80 bits per heavy atom. The molecule has 1 heterocycles. The van der Waals surface area contributed by atoms with Crippen LogP contribution < -0.4 is 0 Å². The smallest absolute Gasteiger partial charge is 0.358 e. The molecule has 0 N–H and O–H groups in total. The Balaban J connectivity index is 2.58. The van der Waals surface area contributed by atoms with Crippen LogP contribution in [-0.4, -0.2) is 30.9 Å². The van der Waals surface area contributed by atoms with Gasteiger partial charge in [0, 0.05) is 19.2 Å². The standard InChI is InChI=1S/C12H10F6N2/c1-20-3-2-19-10(20)7-4-8(11(13,14)15)6-9(5-7)12(16,17)18/h4-6H,2-3H2,1H3. The van der Waals surface area contributed by atoms with E-state index in [2.05, 4.69) is 4.99 Å². The summed E-state index contributed by atoms with van der Waals surface area (Å²) in [6, 6.07) is 1.49. The monoisotopic (exact) mass is 296 g/mol. The number of amidine groups is 1. The first-order chi connectivity index (χ1) is 9.09. The second-order valence-electron chi connectivity index (χ2n) is 4.42. The van der Waals surface area contributed by atoms with Crippen molar-refractivity contribution in [1.29, 1.82) is 0 Å². The number of hydrogen-bond donors (Lipinski definition) is 0. The number of benzene rings is 1. The van der Waals surface area contributed by atoms with E-state index in [-0.39, 0.29) is 17.5 Å². The van der Waals surface area contributed by atoms with Gasteiger partial charge in [0.25, 0.3) is 0 Å². The number of halogens is 6. The van der Waals surface area contributed by atoms with Crippen LogP contribution in [0.15, 0.2) is 23.2 Å². The quantitative estimate of drug-likeness (QED) is 0.725. The van der Waals surface area contributed by atoms with E-state index >= 15 is 0 Å². The second-order valence-corrected chi connectivity index (χ2v) is 4.42. The number of aliphatic imine (C=N–C) groups is 1. The van der Waals surface area contributed by atoms with Gasteiger partial charge in [0.1, 0.15) is 5.84 Å². The molecular formula is C12H10F6N2. The van der Waals surface area contributed by atoms with E-state index in [0.717, 1.165) is 0 Å². The van der Waals surface area contributed by atoms with Crippen molar-refractivity contribution in [2.75, 3.05) is 20.1 Å². The van der Waals surface area contributed by atoms with Crippen LogP contribution >= 0.6 is 0 Å². The summed E-state index contributed by atoms with van der Waals surface area (Å²) in [7, 11) is 1.57. The predicted octanol–water partition coefficient (Wildman–Crippen LogP) is 3.42. The summed E-state index contributed by atoms with van der Waals surface area (Å²) in [5.74, 6) is 0.140. The van der Waals surface area contributed by atoms with Crippen LogP contribution in [-0.2, 0) is 12.4 Å². The third-order valence-electron chi connectivity index (χ3n) is 2.90. The van der Waals surface area contributed by atoms with Gasteiger partial charge in [-0.25, -0.2) is 0 Å². The van der Waals surface area contributed by atoms with Gasteiger partial charge in [0.2, 0.25) is 0 Å². The van der Waals surface area contributed by atoms with E-state index in [9.17, 15) is 26.3 Å². The minimum absolute atomic E-state index is 0.110. The fraction of sp³-hybridized carbons (Fsp3) is 0.417. The Bertz CT molecular complexity index is 512. The molecule has 0 bridgehead atoms. The maximum absolute atomic E-state index is 12.7. The molecule has 2 nitrogen and oxygen atoms in total. The molecular weight excluding hydrogens is 286 g/mol. The summed E-state index contributed by atoms with van der Waals surface area (Å²) in [5, 5.41) is 0. The van der Waals surface area contributed by atoms with Crippen molar-refractivity contribution in [2.24, 2.45) is 4.99 Å². The van der Waals surface area contributed by atoms with E-state index in [1.165, 1.54) is 4.90 Å². The summed E-state index contributed by atoms with van der Waals surface area (Å²) < 4.78 is 76.2. The van der Waals surface area contributed by atoms with Gasteiger partial charge in [-0.05, 0) is 18.2 Å². The molecule has 0 radical (unpaired) electrons. The summed E-state index contributed by atoms with van der Waals surface area (Å²) in [6.07, 6.45) is -9.68. The Morgan fingerprint density at radius 2 is 1.45 bits per heavy atom. The largest absolute Gasteiger partial charge is 0.416 e. The van der Waals surface area contributed by atoms with Gasteiger partial charge in [-0.15, -0.1) is 0 Å². The molecule has 0 saturated carbocycles. The van der Waals surface area contributed by atoms with Crippen LogP contribution in [0.4, 0.5) is 26.3 Å². The highest BCUT2D eigenvalue weighted by atomic mass is 19.4. The van der Waals surface area contributed by atoms with Crippen LogP contribution in [0.1, 0.15) is 16.7 Å². The highest BCUT2D eigenvalue weighted by Gasteiger charge is 2.37. The third-order valence-corrected chi connectivity index (χ3v) is 2.90. The lowest BCUT2D eigenvalue weighted by Crippen LogP contribution is -2.24. The molecule has 1 aliphatic rings. The molecule has 0 saturated heterocycles. The second kappa shape index (κ2) is 4.68. The van der Waals surface area contributed by atoms with E-state index in [1.54, 1.807) is 7.05 Å². The zero-order valence-electron chi connectivity index (χ0n) is 10.3. The van der Waals surface area contributed by atoms with Gasteiger partial charge in [-0.1, -0.05) is 0 Å². The number of alkyl halides is 6. The van der Waals surface area contributed by atoms with Gasteiger partial charge < -0.3 is 4.90 Å². The van der Waals surface area contributed by atoms with Crippen molar-refractivity contribution >= 4 is 5.84 Å². The van der Waals surface area contributed by atoms with Crippen molar-refractivity contribution in [3.8, 4) is 0 Å². The van der Waals surface area contributed by atoms with Crippen LogP contribution in [0.25, 0.3) is 0 Å². The molecule has 1 aliphatic heterocycles. The van der Waals surface area contributed by atoms with E-state index in [4.69, 9.17) is 0 Å². The molecule has 0 amide bonds.